The Morgan fingerprint density at radius 1 is 0.577 bits per heavy atom. The lowest BCUT2D eigenvalue weighted by Crippen LogP contribution is -2.02. The van der Waals surface area contributed by atoms with E-state index < -0.39 is 0 Å². The van der Waals surface area contributed by atoms with Crippen molar-refractivity contribution in [1.82, 2.24) is 0 Å². The van der Waals surface area contributed by atoms with Crippen molar-refractivity contribution >= 4 is 5.78 Å². The Balaban J connectivity index is 1.70. The lowest BCUT2D eigenvalue weighted by molar-refractivity contribution is -0.119. The van der Waals surface area contributed by atoms with E-state index in [0.717, 1.165) is 25.7 Å². The quantitative estimate of drug-likeness (QED) is 0.426. The molecule has 0 aromatic heterocycles. The molecule has 0 unspecified atom stereocenters. The maximum Gasteiger partial charge on any atom is 0.133 e. The second-order valence-electron chi connectivity index (χ2n) is 7.38. The number of carbonyl (C=O) groups excluding carboxylic acids is 1. The van der Waals surface area contributed by atoms with E-state index in [-0.39, 0.29) is 0 Å². The third-order valence-electron chi connectivity index (χ3n) is 5.07. The third-order valence-corrected chi connectivity index (χ3v) is 5.07. The minimum absolute atomic E-state index is 0.370. The number of benzene rings is 2. The van der Waals surface area contributed by atoms with Gasteiger partial charge in [-0.2, -0.15) is 0 Å². The van der Waals surface area contributed by atoms with Crippen molar-refractivity contribution in [3.8, 4) is 0 Å². The first-order chi connectivity index (χ1) is 12.7. The van der Waals surface area contributed by atoms with Crippen molar-refractivity contribution in [1.29, 1.82) is 0 Å². The summed E-state index contributed by atoms with van der Waals surface area (Å²) in [5, 5.41) is 0. The first-order valence-corrected chi connectivity index (χ1v) is 10.4. The number of ketones is 1. The molecular formula is C25H34O. The van der Waals surface area contributed by atoms with Gasteiger partial charge in [-0.05, 0) is 60.8 Å². The number of Topliss-reactive ketones (excluding diaryl/α,β-unsaturated/α-hetero) is 1. The van der Waals surface area contributed by atoms with Crippen LogP contribution in [0.5, 0.6) is 0 Å². The zero-order chi connectivity index (χ0) is 18.6. The molecule has 2 aromatic rings. The predicted molar refractivity (Wildman–Crippen MR) is 112 cm³/mol. The smallest absolute Gasteiger partial charge is 0.133 e. The fourth-order valence-electron chi connectivity index (χ4n) is 3.20. The highest BCUT2D eigenvalue weighted by atomic mass is 16.1. The van der Waals surface area contributed by atoms with Gasteiger partial charge in [0.1, 0.15) is 5.78 Å². The average molecular weight is 351 g/mol. The van der Waals surface area contributed by atoms with Gasteiger partial charge in [-0.1, -0.05) is 75.2 Å². The molecule has 2 rings (SSSR count). The number of unbranched alkanes of at least 4 members (excludes halogenated alkanes) is 2. The molecule has 0 aliphatic carbocycles. The lowest BCUT2D eigenvalue weighted by Gasteiger charge is -2.05. The van der Waals surface area contributed by atoms with Crippen LogP contribution in [0.1, 0.15) is 74.6 Å². The number of hydrogen-bond acceptors (Lipinski definition) is 1. The van der Waals surface area contributed by atoms with Crippen molar-refractivity contribution in [2.24, 2.45) is 0 Å². The van der Waals surface area contributed by atoms with Crippen LogP contribution in [0.4, 0.5) is 0 Å². The molecule has 0 fully saturated rings. The van der Waals surface area contributed by atoms with Crippen LogP contribution in [0.3, 0.4) is 0 Å². The highest BCUT2D eigenvalue weighted by Gasteiger charge is 2.04. The van der Waals surface area contributed by atoms with E-state index in [1.807, 2.05) is 0 Å². The molecule has 0 saturated carbocycles. The van der Waals surface area contributed by atoms with Crippen LogP contribution in [0.2, 0.25) is 0 Å². The van der Waals surface area contributed by atoms with Crippen molar-refractivity contribution in [3.05, 3.63) is 70.8 Å². The van der Waals surface area contributed by atoms with Crippen LogP contribution >= 0.6 is 0 Å². The monoisotopic (exact) mass is 350 g/mol. The lowest BCUT2D eigenvalue weighted by atomic mass is 9.99. The fourth-order valence-corrected chi connectivity index (χ4v) is 3.20. The molecule has 0 aliphatic heterocycles. The van der Waals surface area contributed by atoms with Crippen LogP contribution in [0, 0.1) is 0 Å². The number of hydrogen-bond donors (Lipinski definition) is 0. The van der Waals surface area contributed by atoms with E-state index in [9.17, 15) is 4.79 Å². The SMILES string of the molecule is CCCCc1ccc(CCC(=O)CCc2ccc(CCCC)cc2)cc1. The third kappa shape index (κ3) is 7.56. The Bertz CT molecular complexity index is 579. The number of rotatable bonds is 12. The number of aryl methyl sites for hydroxylation is 4. The molecule has 0 aliphatic rings. The predicted octanol–water partition coefficient (Wildman–Crippen LogP) is 6.51. The van der Waals surface area contributed by atoms with Crippen molar-refractivity contribution in [2.45, 2.75) is 78.1 Å². The Morgan fingerprint density at radius 2 is 0.885 bits per heavy atom. The Labute approximate surface area is 159 Å². The molecule has 2 aromatic carbocycles. The maximum absolute atomic E-state index is 12.2. The van der Waals surface area contributed by atoms with E-state index in [2.05, 4.69) is 62.4 Å². The first kappa shape index (κ1) is 20.4. The minimum atomic E-state index is 0.370. The van der Waals surface area contributed by atoms with Crippen LogP contribution in [0.25, 0.3) is 0 Å². The summed E-state index contributed by atoms with van der Waals surface area (Å²) >= 11 is 0. The molecule has 1 nitrogen and oxygen atoms in total. The van der Waals surface area contributed by atoms with Crippen molar-refractivity contribution in [3.63, 3.8) is 0 Å². The average Bonchev–Trinajstić information content (AvgIpc) is 2.69. The van der Waals surface area contributed by atoms with Gasteiger partial charge < -0.3 is 0 Å². The van der Waals surface area contributed by atoms with Gasteiger partial charge in [-0.3, -0.25) is 4.79 Å². The fraction of sp³-hybridized carbons (Fsp3) is 0.480. The summed E-state index contributed by atoms with van der Waals surface area (Å²) < 4.78 is 0. The van der Waals surface area contributed by atoms with E-state index in [0.29, 0.717) is 18.6 Å². The highest BCUT2D eigenvalue weighted by molar-refractivity contribution is 5.78. The van der Waals surface area contributed by atoms with Crippen LogP contribution < -0.4 is 0 Å². The molecule has 0 saturated heterocycles. The molecule has 26 heavy (non-hydrogen) atoms. The van der Waals surface area contributed by atoms with Gasteiger partial charge in [0.05, 0.1) is 0 Å². The zero-order valence-corrected chi connectivity index (χ0v) is 16.6. The number of carbonyl (C=O) groups is 1. The van der Waals surface area contributed by atoms with Crippen LogP contribution in [0.15, 0.2) is 48.5 Å². The summed E-state index contributed by atoms with van der Waals surface area (Å²) in [7, 11) is 0. The summed E-state index contributed by atoms with van der Waals surface area (Å²) in [5.74, 6) is 0.370. The summed E-state index contributed by atoms with van der Waals surface area (Å²) in [6, 6.07) is 17.6. The molecule has 0 bridgehead atoms. The largest absolute Gasteiger partial charge is 0.300 e. The second kappa shape index (κ2) is 11.7. The summed E-state index contributed by atoms with van der Waals surface area (Å²) in [6.45, 7) is 4.45. The van der Waals surface area contributed by atoms with E-state index in [1.165, 1.54) is 47.9 Å². The molecule has 1 heteroatoms. The van der Waals surface area contributed by atoms with Gasteiger partial charge in [0.25, 0.3) is 0 Å². The van der Waals surface area contributed by atoms with Gasteiger partial charge >= 0.3 is 0 Å². The molecule has 0 atom stereocenters. The summed E-state index contributed by atoms with van der Waals surface area (Å²) in [6.07, 6.45) is 10.3. The molecule has 140 valence electrons. The topological polar surface area (TPSA) is 17.1 Å². The van der Waals surface area contributed by atoms with Gasteiger partial charge in [-0.25, -0.2) is 0 Å². The summed E-state index contributed by atoms with van der Waals surface area (Å²) in [5.41, 5.74) is 5.37. The van der Waals surface area contributed by atoms with Gasteiger partial charge in [0, 0.05) is 12.8 Å². The van der Waals surface area contributed by atoms with Crippen LogP contribution in [-0.2, 0) is 30.5 Å². The molecule has 0 amide bonds. The molecular weight excluding hydrogens is 316 g/mol. The molecule has 0 N–H and O–H groups in total. The molecule has 0 spiro atoms. The molecule has 0 radical (unpaired) electrons. The standard InChI is InChI=1S/C25H34O/c1-3-5-7-21-9-13-23(14-10-21)17-19-25(26)20-18-24-15-11-22(12-16-24)8-6-4-2/h9-16H,3-8,17-20H2,1-2H3. The Kier molecular flexibility index (Phi) is 9.17. The van der Waals surface area contributed by atoms with Gasteiger partial charge in [0.2, 0.25) is 0 Å². The van der Waals surface area contributed by atoms with E-state index in [1.54, 1.807) is 0 Å². The first-order valence-electron chi connectivity index (χ1n) is 10.4. The molecule has 0 heterocycles. The van der Waals surface area contributed by atoms with Crippen LogP contribution in [-0.4, -0.2) is 5.78 Å². The zero-order valence-electron chi connectivity index (χ0n) is 16.6. The summed E-state index contributed by atoms with van der Waals surface area (Å²) in [4.78, 5) is 12.2. The van der Waals surface area contributed by atoms with E-state index in [4.69, 9.17) is 0 Å². The van der Waals surface area contributed by atoms with Gasteiger partial charge in [-0.15, -0.1) is 0 Å². The van der Waals surface area contributed by atoms with E-state index >= 15 is 0 Å². The Hall–Kier alpha value is -1.89. The van der Waals surface area contributed by atoms with Gasteiger partial charge in [0.15, 0.2) is 0 Å². The normalized spacial score (nSPS) is 10.8. The minimum Gasteiger partial charge on any atom is -0.300 e. The maximum atomic E-state index is 12.2. The van der Waals surface area contributed by atoms with Crippen molar-refractivity contribution < 1.29 is 4.79 Å². The highest BCUT2D eigenvalue weighted by Crippen LogP contribution is 2.12. The second-order valence-corrected chi connectivity index (χ2v) is 7.38. The Morgan fingerprint density at radius 3 is 1.19 bits per heavy atom. The van der Waals surface area contributed by atoms with Crippen molar-refractivity contribution in [2.75, 3.05) is 0 Å².